The highest BCUT2D eigenvalue weighted by Gasteiger charge is 2.17. The summed E-state index contributed by atoms with van der Waals surface area (Å²) in [4.78, 5) is 26.9. The molecule has 0 saturated carbocycles. The summed E-state index contributed by atoms with van der Waals surface area (Å²) in [6.45, 7) is 4.03. The number of hydrogen-bond donors (Lipinski definition) is 2. The Bertz CT molecular complexity index is 459. The van der Waals surface area contributed by atoms with Gasteiger partial charge in [-0.15, -0.1) is 11.3 Å². The van der Waals surface area contributed by atoms with Crippen molar-refractivity contribution < 1.29 is 14.7 Å². The van der Waals surface area contributed by atoms with E-state index in [2.05, 4.69) is 5.32 Å². The van der Waals surface area contributed by atoms with Crippen molar-refractivity contribution in [3.8, 4) is 0 Å². The summed E-state index contributed by atoms with van der Waals surface area (Å²) in [7, 11) is 3.90. The summed E-state index contributed by atoms with van der Waals surface area (Å²) in [5.41, 5.74) is 0.132. The molecule has 0 atom stereocenters. The number of anilines is 1. The molecule has 1 rings (SSSR count). The highest BCUT2D eigenvalue weighted by Crippen LogP contribution is 2.23. The molecule has 6 nitrogen and oxygen atoms in total. The lowest BCUT2D eigenvalue weighted by atomic mass is 10.3. The monoisotopic (exact) mass is 299 g/mol. The summed E-state index contributed by atoms with van der Waals surface area (Å²) >= 11 is 1.22. The van der Waals surface area contributed by atoms with Gasteiger partial charge in [0.25, 0.3) is 0 Å². The molecule has 0 bridgehead atoms. The van der Waals surface area contributed by atoms with Crippen LogP contribution in [0, 0.1) is 0 Å². The van der Waals surface area contributed by atoms with Gasteiger partial charge in [0.1, 0.15) is 5.00 Å². The van der Waals surface area contributed by atoms with E-state index in [1.54, 1.807) is 10.3 Å². The molecular formula is C13H21N3O3S. The van der Waals surface area contributed by atoms with Crippen LogP contribution in [0.4, 0.5) is 9.80 Å². The third-order valence-corrected chi connectivity index (χ3v) is 3.54. The summed E-state index contributed by atoms with van der Waals surface area (Å²) in [5.74, 6) is -1.03. The number of amides is 2. The van der Waals surface area contributed by atoms with Crippen molar-refractivity contribution in [1.29, 1.82) is 0 Å². The number of likely N-dealkylation sites (N-methyl/N-ethyl adjacent to an activating group) is 1. The van der Waals surface area contributed by atoms with Crippen LogP contribution in [0.15, 0.2) is 11.4 Å². The van der Waals surface area contributed by atoms with Crippen LogP contribution in [-0.4, -0.2) is 60.6 Å². The zero-order valence-electron chi connectivity index (χ0n) is 12.0. The lowest BCUT2D eigenvalue weighted by molar-refractivity contribution is 0.0698. The Hall–Kier alpha value is -1.60. The quantitative estimate of drug-likeness (QED) is 0.810. The van der Waals surface area contributed by atoms with Crippen molar-refractivity contribution in [2.75, 3.05) is 39.0 Å². The number of carboxylic acid groups (broad SMARTS) is 1. The van der Waals surface area contributed by atoms with E-state index < -0.39 is 5.97 Å². The standard InChI is InChI=1S/C13H21N3O3S/c1-4-6-16(8-7-15(2)3)13(19)14-11-10(12(17)18)5-9-20-11/h5,9H,4,6-8H2,1-3H3,(H,14,19)(H,17,18). The molecule has 0 aliphatic carbocycles. The number of thiophene rings is 1. The van der Waals surface area contributed by atoms with Crippen molar-refractivity contribution in [2.24, 2.45) is 0 Å². The molecular weight excluding hydrogens is 278 g/mol. The number of urea groups is 1. The number of hydrogen-bond acceptors (Lipinski definition) is 4. The van der Waals surface area contributed by atoms with Crippen LogP contribution in [0.1, 0.15) is 23.7 Å². The number of aromatic carboxylic acids is 1. The smallest absolute Gasteiger partial charge is 0.338 e. The second kappa shape index (κ2) is 7.86. The fraction of sp³-hybridized carbons (Fsp3) is 0.538. The molecule has 1 aromatic rings. The van der Waals surface area contributed by atoms with E-state index in [4.69, 9.17) is 5.11 Å². The van der Waals surface area contributed by atoms with E-state index in [0.29, 0.717) is 18.1 Å². The highest BCUT2D eigenvalue weighted by atomic mass is 32.1. The van der Waals surface area contributed by atoms with E-state index in [1.807, 2.05) is 25.9 Å². The van der Waals surface area contributed by atoms with E-state index in [9.17, 15) is 9.59 Å². The van der Waals surface area contributed by atoms with Gasteiger partial charge in [0.2, 0.25) is 0 Å². The molecule has 0 aliphatic rings. The average Bonchev–Trinajstić information content (AvgIpc) is 2.82. The van der Waals surface area contributed by atoms with Crippen LogP contribution >= 0.6 is 11.3 Å². The summed E-state index contributed by atoms with van der Waals surface area (Å²) in [6, 6.07) is 1.24. The van der Waals surface area contributed by atoms with Gasteiger partial charge in [-0.25, -0.2) is 9.59 Å². The van der Waals surface area contributed by atoms with Crippen molar-refractivity contribution in [3.05, 3.63) is 17.0 Å². The van der Waals surface area contributed by atoms with Crippen LogP contribution in [0.25, 0.3) is 0 Å². The number of rotatable bonds is 7. The van der Waals surface area contributed by atoms with E-state index >= 15 is 0 Å². The lowest BCUT2D eigenvalue weighted by Gasteiger charge is -2.24. The Labute approximate surface area is 123 Å². The van der Waals surface area contributed by atoms with Crippen LogP contribution in [0.3, 0.4) is 0 Å². The number of nitrogens with zero attached hydrogens (tertiary/aromatic N) is 2. The maximum atomic E-state index is 12.2. The second-order valence-electron chi connectivity index (χ2n) is 4.69. The normalized spacial score (nSPS) is 10.6. The first-order chi connectivity index (χ1) is 9.45. The first-order valence-electron chi connectivity index (χ1n) is 6.47. The first-order valence-corrected chi connectivity index (χ1v) is 7.35. The summed E-state index contributed by atoms with van der Waals surface area (Å²) in [5, 5.41) is 13.7. The van der Waals surface area contributed by atoms with Gasteiger partial charge in [-0.3, -0.25) is 5.32 Å². The molecule has 0 spiro atoms. The Morgan fingerprint density at radius 1 is 1.30 bits per heavy atom. The summed E-state index contributed by atoms with van der Waals surface area (Å²) < 4.78 is 0. The van der Waals surface area contributed by atoms with Crippen molar-refractivity contribution in [2.45, 2.75) is 13.3 Å². The van der Waals surface area contributed by atoms with E-state index in [-0.39, 0.29) is 11.6 Å². The maximum absolute atomic E-state index is 12.2. The highest BCUT2D eigenvalue weighted by molar-refractivity contribution is 7.14. The van der Waals surface area contributed by atoms with Crippen molar-refractivity contribution >= 4 is 28.3 Å². The van der Waals surface area contributed by atoms with Gasteiger partial charge in [-0.2, -0.15) is 0 Å². The maximum Gasteiger partial charge on any atom is 0.338 e. The largest absolute Gasteiger partial charge is 0.478 e. The first kappa shape index (κ1) is 16.5. The molecule has 2 amide bonds. The van der Waals surface area contributed by atoms with Crippen LogP contribution in [0.5, 0.6) is 0 Å². The number of carbonyl (C=O) groups is 2. The van der Waals surface area contributed by atoms with E-state index in [1.165, 1.54) is 17.4 Å². The minimum atomic E-state index is -1.03. The molecule has 1 heterocycles. The molecule has 0 radical (unpaired) electrons. The van der Waals surface area contributed by atoms with E-state index in [0.717, 1.165) is 13.0 Å². The number of carboxylic acids is 1. The molecule has 7 heteroatoms. The fourth-order valence-corrected chi connectivity index (χ4v) is 2.42. The Balaban J connectivity index is 2.69. The van der Waals surface area contributed by atoms with Gasteiger partial charge in [0.05, 0.1) is 5.56 Å². The molecule has 1 aromatic heterocycles. The Morgan fingerprint density at radius 3 is 2.55 bits per heavy atom. The van der Waals surface area contributed by atoms with Crippen LogP contribution < -0.4 is 5.32 Å². The predicted molar refractivity (Wildman–Crippen MR) is 80.7 cm³/mol. The predicted octanol–water partition coefficient (Wildman–Crippen LogP) is 2.25. The number of nitrogens with one attached hydrogen (secondary N) is 1. The minimum absolute atomic E-state index is 0.132. The molecule has 0 aromatic carbocycles. The molecule has 112 valence electrons. The third kappa shape index (κ3) is 4.82. The Morgan fingerprint density at radius 2 is 2.00 bits per heavy atom. The Kier molecular flexibility index (Phi) is 6.47. The van der Waals surface area contributed by atoms with Gasteiger partial charge >= 0.3 is 12.0 Å². The van der Waals surface area contributed by atoms with Gasteiger partial charge in [0, 0.05) is 19.6 Å². The topological polar surface area (TPSA) is 72.9 Å². The molecule has 0 unspecified atom stereocenters. The van der Waals surface area contributed by atoms with Crippen LogP contribution in [-0.2, 0) is 0 Å². The molecule has 20 heavy (non-hydrogen) atoms. The number of carbonyl (C=O) groups excluding carboxylic acids is 1. The minimum Gasteiger partial charge on any atom is -0.478 e. The summed E-state index contributed by atoms with van der Waals surface area (Å²) in [6.07, 6.45) is 0.858. The zero-order chi connectivity index (χ0) is 15.1. The fourth-order valence-electron chi connectivity index (χ4n) is 1.66. The molecule has 0 aliphatic heterocycles. The van der Waals surface area contributed by atoms with Gasteiger partial charge in [-0.1, -0.05) is 6.92 Å². The van der Waals surface area contributed by atoms with Gasteiger partial charge in [0.15, 0.2) is 0 Å². The molecule has 0 saturated heterocycles. The van der Waals surface area contributed by atoms with Crippen molar-refractivity contribution in [3.63, 3.8) is 0 Å². The second-order valence-corrected chi connectivity index (χ2v) is 5.61. The zero-order valence-corrected chi connectivity index (χ0v) is 12.9. The third-order valence-electron chi connectivity index (χ3n) is 2.71. The van der Waals surface area contributed by atoms with Gasteiger partial charge < -0.3 is 14.9 Å². The lowest BCUT2D eigenvalue weighted by Crippen LogP contribution is -2.39. The van der Waals surface area contributed by atoms with Gasteiger partial charge in [-0.05, 0) is 32.0 Å². The average molecular weight is 299 g/mol. The van der Waals surface area contributed by atoms with Crippen molar-refractivity contribution in [1.82, 2.24) is 9.80 Å². The van der Waals surface area contributed by atoms with Crippen LogP contribution in [0.2, 0.25) is 0 Å². The molecule has 2 N–H and O–H groups in total. The molecule has 0 fully saturated rings. The SMILES string of the molecule is CCCN(CCN(C)C)C(=O)Nc1sccc1C(=O)O.